The van der Waals surface area contributed by atoms with Gasteiger partial charge in [-0.2, -0.15) is 4.98 Å². The largest absolute Gasteiger partial charge is 0.457 e. The number of nitrogens with two attached hydrogens (primary N) is 2. The van der Waals surface area contributed by atoms with Crippen molar-refractivity contribution in [2.24, 2.45) is 11.6 Å². The zero-order valence-electron chi connectivity index (χ0n) is 18.4. The van der Waals surface area contributed by atoms with E-state index in [0.29, 0.717) is 47.4 Å². The highest BCUT2D eigenvalue weighted by Gasteiger charge is 2.35. The third kappa shape index (κ3) is 5.07. The Balaban J connectivity index is 1.52. The van der Waals surface area contributed by atoms with Crippen LogP contribution in [0.4, 0.5) is 14.5 Å². The molecule has 0 amide bonds. The van der Waals surface area contributed by atoms with Gasteiger partial charge in [0.05, 0.1) is 40.7 Å². The van der Waals surface area contributed by atoms with Gasteiger partial charge in [-0.15, -0.1) is 0 Å². The Morgan fingerprint density at radius 1 is 1.28 bits per heavy atom. The molecule has 2 aromatic heterocycles. The van der Waals surface area contributed by atoms with Gasteiger partial charge in [0.25, 0.3) is 5.92 Å². The minimum atomic E-state index is -2.69. The molecule has 4 N–H and O–H groups in total. The summed E-state index contributed by atoms with van der Waals surface area (Å²) in [5, 5.41) is 1.37. The molecule has 8 nitrogen and oxygen atoms in total. The van der Waals surface area contributed by atoms with Crippen LogP contribution in [0, 0.1) is 6.92 Å². The molecular formula is C22H29F2N7O. The number of hydrogen-bond acceptors (Lipinski definition) is 8. The lowest BCUT2D eigenvalue weighted by atomic mass is 10.1. The van der Waals surface area contributed by atoms with Gasteiger partial charge >= 0.3 is 6.01 Å². The van der Waals surface area contributed by atoms with E-state index in [2.05, 4.69) is 15.0 Å². The highest BCUT2D eigenvalue weighted by Crippen LogP contribution is 2.39. The molecule has 1 aliphatic heterocycles. The standard InChI is InChI=1S/C22H29F2N7O/c1-14-18(31-11-3-9-22(23,24)13-31)7-6-17(28-14)20(25)19(30(2)26)12-32-21-27-10-8-16(29-21)15-4-5-15/h6-8,10,15H,3-5,9,11-13,25-26H2,1-2H3/b20-19-. The van der Waals surface area contributed by atoms with E-state index in [1.54, 1.807) is 37.2 Å². The summed E-state index contributed by atoms with van der Waals surface area (Å²) in [5.74, 6) is 3.80. The van der Waals surface area contributed by atoms with Crippen LogP contribution in [-0.2, 0) is 0 Å². The van der Waals surface area contributed by atoms with Crippen LogP contribution in [-0.4, -0.2) is 52.6 Å². The fourth-order valence-electron chi connectivity index (χ4n) is 3.89. The van der Waals surface area contributed by atoms with Gasteiger partial charge in [-0.3, -0.25) is 0 Å². The number of nitrogens with zero attached hydrogens (tertiary/aromatic N) is 5. The molecule has 0 atom stereocenters. The van der Waals surface area contributed by atoms with Crippen molar-refractivity contribution in [1.29, 1.82) is 0 Å². The van der Waals surface area contributed by atoms with E-state index in [1.165, 1.54) is 5.01 Å². The molecule has 0 radical (unpaired) electrons. The quantitative estimate of drug-likeness (QED) is 0.495. The Kier molecular flexibility index (Phi) is 6.14. The van der Waals surface area contributed by atoms with Gasteiger partial charge in [0.15, 0.2) is 0 Å². The number of rotatable bonds is 7. The SMILES string of the molecule is Cc1nc(/C(N)=C(\COc2nccc(C3CC3)n2)N(C)N)ccc1N1CCCC(F)(F)C1. The average Bonchev–Trinajstić information content (AvgIpc) is 3.58. The van der Waals surface area contributed by atoms with Crippen LogP contribution in [0.3, 0.4) is 0 Å². The minimum Gasteiger partial charge on any atom is -0.457 e. The second-order valence-corrected chi connectivity index (χ2v) is 8.48. The summed E-state index contributed by atoms with van der Waals surface area (Å²) < 4.78 is 33.4. The number of alkyl halides is 2. The monoisotopic (exact) mass is 445 g/mol. The molecule has 10 heteroatoms. The van der Waals surface area contributed by atoms with Crippen LogP contribution in [0.5, 0.6) is 6.01 Å². The Morgan fingerprint density at radius 3 is 2.72 bits per heavy atom. The molecule has 2 fully saturated rings. The predicted molar refractivity (Wildman–Crippen MR) is 118 cm³/mol. The zero-order valence-corrected chi connectivity index (χ0v) is 18.4. The topological polar surface area (TPSA) is 106 Å². The number of piperidine rings is 1. The van der Waals surface area contributed by atoms with E-state index < -0.39 is 5.92 Å². The molecule has 0 spiro atoms. The third-order valence-corrected chi connectivity index (χ3v) is 5.79. The number of anilines is 1. The van der Waals surface area contributed by atoms with Gasteiger partial charge in [-0.05, 0) is 44.4 Å². The molecule has 32 heavy (non-hydrogen) atoms. The number of hydrazine groups is 1. The molecule has 0 aromatic carbocycles. The number of ether oxygens (including phenoxy) is 1. The van der Waals surface area contributed by atoms with Crippen LogP contribution in [0.2, 0.25) is 0 Å². The Hall–Kier alpha value is -3.01. The molecule has 172 valence electrons. The van der Waals surface area contributed by atoms with E-state index in [1.807, 2.05) is 6.07 Å². The van der Waals surface area contributed by atoms with Gasteiger partial charge in [0.2, 0.25) is 0 Å². The van der Waals surface area contributed by atoms with Gasteiger partial charge in [0, 0.05) is 32.1 Å². The van der Waals surface area contributed by atoms with Crippen molar-refractivity contribution in [1.82, 2.24) is 20.0 Å². The Morgan fingerprint density at radius 2 is 2.06 bits per heavy atom. The van der Waals surface area contributed by atoms with E-state index in [4.69, 9.17) is 16.3 Å². The first-order valence-electron chi connectivity index (χ1n) is 10.8. The van der Waals surface area contributed by atoms with Crippen molar-refractivity contribution in [3.05, 3.63) is 47.2 Å². The smallest absolute Gasteiger partial charge is 0.316 e. The molecule has 1 saturated carbocycles. The van der Waals surface area contributed by atoms with E-state index >= 15 is 0 Å². The first kappa shape index (κ1) is 22.2. The van der Waals surface area contributed by atoms with Crippen molar-refractivity contribution in [2.45, 2.75) is 44.4 Å². The maximum Gasteiger partial charge on any atom is 0.316 e. The highest BCUT2D eigenvalue weighted by molar-refractivity contribution is 5.65. The van der Waals surface area contributed by atoms with E-state index in [9.17, 15) is 8.78 Å². The molecule has 4 rings (SSSR count). The number of aryl methyl sites for hydroxylation is 1. The van der Waals surface area contributed by atoms with Crippen LogP contribution in [0.1, 0.15) is 48.7 Å². The molecule has 2 aliphatic rings. The molecule has 1 aliphatic carbocycles. The van der Waals surface area contributed by atoms with E-state index in [-0.39, 0.29) is 25.6 Å². The Labute approximate surface area is 186 Å². The normalized spacial score (nSPS) is 18.8. The predicted octanol–water partition coefficient (Wildman–Crippen LogP) is 2.80. The number of pyridine rings is 1. The van der Waals surface area contributed by atoms with Gasteiger partial charge in [-0.1, -0.05) is 0 Å². The summed E-state index contributed by atoms with van der Waals surface area (Å²) >= 11 is 0. The fraction of sp³-hybridized carbons (Fsp3) is 0.500. The maximum absolute atomic E-state index is 13.8. The number of hydrogen-bond donors (Lipinski definition) is 2. The zero-order chi connectivity index (χ0) is 22.9. The maximum atomic E-state index is 13.8. The van der Waals surface area contributed by atoms with Crippen LogP contribution in [0.15, 0.2) is 30.1 Å². The lowest BCUT2D eigenvalue weighted by Gasteiger charge is -2.34. The summed E-state index contributed by atoms with van der Waals surface area (Å²) in [4.78, 5) is 14.9. The summed E-state index contributed by atoms with van der Waals surface area (Å²) in [6.07, 6.45) is 4.32. The lowest BCUT2D eigenvalue weighted by Crippen LogP contribution is -2.43. The molecule has 1 saturated heterocycles. The van der Waals surface area contributed by atoms with Crippen molar-refractivity contribution in [2.75, 3.05) is 31.6 Å². The average molecular weight is 446 g/mol. The molecule has 2 aromatic rings. The molecule has 3 heterocycles. The van der Waals surface area contributed by atoms with Crippen molar-refractivity contribution < 1.29 is 13.5 Å². The minimum absolute atomic E-state index is 0.0633. The summed E-state index contributed by atoms with van der Waals surface area (Å²) in [5.41, 5.74) is 10.0. The third-order valence-electron chi connectivity index (χ3n) is 5.79. The van der Waals surface area contributed by atoms with E-state index in [0.717, 1.165) is 18.5 Å². The van der Waals surface area contributed by atoms with Crippen LogP contribution < -0.4 is 21.2 Å². The molecule has 0 bridgehead atoms. The summed E-state index contributed by atoms with van der Waals surface area (Å²) in [6.45, 7) is 2.13. The second-order valence-electron chi connectivity index (χ2n) is 8.48. The van der Waals surface area contributed by atoms with Crippen molar-refractivity contribution in [3.8, 4) is 6.01 Å². The van der Waals surface area contributed by atoms with Crippen LogP contribution in [0.25, 0.3) is 5.70 Å². The van der Waals surface area contributed by atoms with Crippen molar-refractivity contribution >= 4 is 11.4 Å². The second kappa shape index (κ2) is 8.85. The highest BCUT2D eigenvalue weighted by atomic mass is 19.3. The number of likely N-dealkylation sites (N-methyl/N-ethyl adjacent to an activating group) is 1. The van der Waals surface area contributed by atoms with Crippen molar-refractivity contribution in [3.63, 3.8) is 0 Å². The molecule has 0 unspecified atom stereocenters. The molecular weight excluding hydrogens is 416 g/mol. The first-order chi connectivity index (χ1) is 15.2. The number of aromatic nitrogens is 3. The van der Waals surface area contributed by atoms with Gasteiger partial charge < -0.3 is 20.4 Å². The summed E-state index contributed by atoms with van der Waals surface area (Å²) in [6, 6.07) is 5.67. The van der Waals surface area contributed by atoms with Gasteiger partial charge in [-0.25, -0.2) is 24.6 Å². The fourth-order valence-corrected chi connectivity index (χ4v) is 3.89. The summed E-state index contributed by atoms with van der Waals surface area (Å²) in [7, 11) is 1.66. The Bertz CT molecular complexity index is 1010. The number of halogens is 2. The first-order valence-corrected chi connectivity index (χ1v) is 10.8. The van der Waals surface area contributed by atoms with Crippen LogP contribution >= 0.6 is 0 Å². The van der Waals surface area contributed by atoms with Gasteiger partial charge in [0.1, 0.15) is 6.61 Å². The lowest BCUT2D eigenvalue weighted by molar-refractivity contribution is -0.0117.